The van der Waals surface area contributed by atoms with Gasteiger partial charge in [0.05, 0.1) is 6.54 Å². The molecule has 0 saturated carbocycles. The topological polar surface area (TPSA) is 43.8 Å². The maximum Gasteiger partial charge on any atom is 0.236 e. The lowest BCUT2D eigenvalue weighted by atomic mass is 10.1. The second-order valence-electron chi connectivity index (χ2n) is 5.25. The molecule has 0 saturated heterocycles. The Morgan fingerprint density at radius 1 is 1.42 bits per heavy atom. The first-order chi connectivity index (χ1) is 9.04. The zero-order valence-corrected chi connectivity index (χ0v) is 11.9. The number of rotatable bonds is 4. The van der Waals surface area contributed by atoms with Gasteiger partial charge in [0, 0.05) is 20.1 Å². The number of hydrogen-bond acceptors (Lipinski definition) is 3. The largest absolute Gasteiger partial charge is 0.508 e. The van der Waals surface area contributed by atoms with E-state index in [0.717, 1.165) is 24.9 Å². The molecule has 0 radical (unpaired) electrons. The van der Waals surface area contributed by atoms with Crippen molar-refractivity contribution in [3.05, 3.63) is 29.3 Å². The molecule has 4 heteroatoms. The molecular formula is C15H22N2O2. The van der Waals surface area contributed by atoms with E-state index in [4.69, 9.17) is 0 Å². The molecule has 104 valence electrons. The Bertz CT molecular complexity index is 471. The van der Waals surface area contributed by atoms with Crippen molar-refractivity contribution >= 4 is 5.91 Å². The Labute approximate surface area is 114 Å². The van der Waals surface area contributed by atoms with Crippen LogP contribution in [-0.4, -0.2) is 48.0 Å². The highest BCUT2D eigenvalue weighted by atomic mass is 16.3. The Morgan fingerprint density at radius 3 is 2.79 bits per heavy atom. The van der Waals surface area contributed by atoms with Crippen molar-refractivity contribution in [3.8, 4) is 5.75 Å². The number of carbonyl (C=O) groups is 1. The van der Waals surface area contributed by atoms with Gasteiger partial charge in [-0.15, -0.1) is 0 Å². The van der Waals surface area contributed by atoms with E-state index in [1.165, 1.54) is 5.56 Å². The Balaban J connectivity index is 2.19. The third-order valence-corrected chi connectivity index (χ3v) is 3.90. The van der Waals surface area contributed by atoms with Gasteiger partial charge in [-0.2, -0.15) is 0 Å². The second kappa shape index (κ2) is 5.61. The van der Waals surface area contributed by atoms with Crippen molar-refractivity contribution in [2.24, 2.45) is 0 Å². The van der Waals surface area contributed by atoms with Gasteiger partial charge in [-0.05, 0) is 36.6 Å². The van der Waals surface area contributed by atoms with Gasteiger partial charge in [-0.1, -0.05) is 19.1 Å². The molecule has 0 bridgehead atoms. The highest BCUT2D eigenvalue weighted by molar-refractivity contribution is 5.77. The van der Waals surface area contributed by atoms with Crippen LogP contribution in [0.15, 0.2) is 18.2 Å². The lowest BCUT2D eigenvalue weighted by molar-refractivity contribution is -0.130. The quantitative estimate of drug-likeness (QED) is 0.899. The van der Waals surface area contributed by atoms with Gasteiger partial charge in [0.25, 0.3) is 0 Å². The predicted octanol–water partition coefficient (Wildman–Crippen LogP) is 1.79. The maximum absolute atomic E-state index is 11.9. The summed E-state index contributed by atoms with van der Waals surface area (Å²) >= 11 is 0. The van der Waals surface area contributed by atoms with Crippen LogP contribution in [-0.2, 0) is 11.2 Å². The summed E-state index contributed by atoms with van der Waals surface area (Å²) in [6, 6.07) is 5.93. The number of hydrogen-bond donors (Lipinski definition) is 1. The Kier molecular flexibility index (Phi) is 4.10. The minimum atomic E-state index is 0.121. The van der Waals surface area contributed by atoms with E-state index in [9.17, 15) is 9.90 Å². The monoisotopic (exact) mass is 262 g/mol. The molecule has 1 amide bonds. The third kappa shape index (κ3) is 2.73. The second-order valence-corrected chi connectivity index (χ2v) is 5.25. The molecule has 2 rings (SSSR count). The van der Waals surface area contributed by atoms with Crippen molar-refractivity contribution in [1.29, 1.82) is 0 Å². The van der Waals surface area contributed by atoms with Gasteiger partial charge in [-0.25, -0.2) is 0 Å². The van der Waals surface area contributed by atoms with Gasteiger partial charge in [0.2, 0.25) is 5.91 Å². The molecule has 0 aliphatic heterocycles. The van der Waals surface area contributed by atoms with Gasteiger partial charge >= 0.3 is 0 Å². The minimum Gasteiger partial charge on any atom is -0.508 e. The average Bonchev–Trinajstić information content (AvgIpc) is 2.80. The molecule has 1 aliphatic carbocycles. The van der Waals surface area contributed by atoms with Crippen LogP contribution >= 0.6 is 0 Å². The van der Waals surface area contributed by atoms with Crippen LogP contribution in [0.3, 0.4) is 0 Å². The lowest BCUT2D eigenvalue weighted by Crippen LogP contribution is -2.38. The van der Waals surface area contributed by atoms with Crippen LogP contribution in [0.25, 0.3) is 0 Å². The lowest BCUT2D eigenvalue weighted by Gasteiger charge is -2.28. The van der Waals surface area contributed by atoms with Crippen molar-refractivity contribution in [2.45, 2.75) is 25.8 Å². The number of likely N-dealkylation sites (N-methyl/N-ethyl adjacent to an activating group) is 2. The summed E-state index contributed by atoms with van der Waals surface area (Å²) in [5.74, 6) is 0.505. The van der Waals surface area contributed by atoms with E-state index >= 15 is 0 Å². The van der Waals surface area contributed by atoms with Crippen LogP contribution in [0.1, 0.15) is 30.5 Å². The third-order valence-electron chi connectivity index (χ3n) is 3.90. The van der Waals surface area contributed by atoms with Crippen LogP contribution < -0.4 is 0 Å². The van der Waals surface area contributed by atoms with Crippen LogP contribution in [0.5, 0.6) is 5.75 Å². The molecule has 4 nitrogen and oxygen atoms in total. The van der Waals surface area contributed by atoms with E-state index in [1.807, 2.05) is 6.07 Å². The van der Waals surface area contributed by atoms with E-state index in [0.29, 0.717) is 12.3 Å². The molecule has 1 aromatic carbocycles. The number of aromatic hydroxyl groups is 1. The molecule has 19 heavy (non-hydrogen) atoms. The van der Waals surface area contributed by atoms with Crippen LogP contribution in [0.4, 0.5) is 0 Å². The number of phenolic OH excluding ortho intramolecular Hbond substituents is 1. The van der Waals surface area contributed by atoms with Crippen molar-refractivity contribution in [2.75, 3.05) is 27.2 Å². The Morgan fingerprint density at radius 2 is 2.16 bits per heavy atom. The number of carbonyl (C=O) groups excluding carboxylic acids is 1. The first-order valence-electron chi connectivity index (χ1n) is 6.79. The van der Waals surface area contributed by atoms with Gasteiger partial charge in [0.15, 0.2) is 0 Å². The molecule has 0 heterocycles. The van der Waals surface area contributed by atoms with Crippen LogP contribution in [0.2, 0.25) is 0 Å². The van der Waals surface area contributed by atoms with Crippen molar-refractivity contribution in [3.63, 3.8) is 0 Å². The fraction of sp³-hybridized carbons (Fsp3) is 0.533. The van der Waals surface area contributed by atoms with E-state index in [2.05, 4.69) is 17.9 Å². The smallest absolute Gasteiger partial charge is 0.236 e. The first-order valence-corrected chi connectivity index (χ1v) is 6.79. The van der Waals surface area contributed by atoms with Crippen molar-refractivity contribution in [1.82, 2.24) is 9.80 Å². The summed E-state index contributed by atoms with van der Waals surface area (Å²) < 4.78 is 0. The minimum absolute atomic E-state index is 0.121. The molecule has 1 atom stereocenters. The number of fused-ring (bicyclic) bond motifs is 1. The number of amides is 1. The zero-order chi connectivity index (χ0) is 14.0. The van der Waals surface area contributed by atoms with Gasteiger partial charge in [0.1, 0.15) is 5.75 Å². The summed E-state index contributed by atoms with van der Waals surface area (Å²) in [7, 11) is 3.56. The van der Waals surface area contributed by atoms with Crippen molar-refractivity contribution < 1.29 is 9.90 Å². The molecule has 0 aromatic heterocycles. The standard InChI is InChI=1S/C15H22N2O2/c1-4-17(10-15(19)16(2)3)13-9-8-12-11(13)6-5-7-14(12)18/h5-7,13,18H,4,8-10H2,1-3H3. The summed E-state index contributed by atoms with van der Waals surface area (Å²) in [5.41, 5.74) is 2.22. The number of nitrogens with zero attached hydrogens (tertiary/aromatic N) is 2. The zero-order valence-electron chi connectivity index (χ0n) is 11.9. The van der Waals surface area contributed by atoms with E-state index < -0.39 is 0 Å². The predicted molar refractivity (Wildman–Crippen MR) is 75.1 cm³/mol. The highest BCUT2D eigenvalue weighted by Gasteiger charge is 2.29. The molecule has 0 fully saturated rings. The molecule has 1 aliphatic rings. The maximum atomic E-state index is 11.9. The summed E-state index contributed by atoms with van der Waals surface area (Å²) in [4.78, 5) is 15.7. The van der Waals surface area contributed by atoms with Crippen LogP contribution in [0, 0.1) is 0 Å². The van der Waals surface area contributed by atoms with E-state index in [1.54, 1.807) is 25.1 Å². The molecule has 0 spiro atoms. The molecular weight excluding hydrogens is 240 g/mol. The number of benzene rings is 1. The van der Waals surface area contributed by atoms with E-state index in [-0.39, 0.29) is 11.9 Å². The van der Waals surface area contributed by atoms with Gasteiger partial charge < -0.3 is 10.0 Å². The molecule has 1 unspecified atom stereocenters. The molecule has 1 N–H and O–H groups in total. The Hall–Kier alpha value is -1.55. The normalized spacial score (nSPS) is 17.6. The highest BCUT2D eigenvalue weighted by Crippen LogP contribution is 2.39. The number of phenols is 1. The first kappa shape index (κ1) is 13.9. The average molecular weight is 262 g/mol. The SMILES string of the molecule is CCN(CC(=O)N(C)C)C1CCc2c(O)cccc21. The summed E-state index contributed by atoms with van der Waals surface area (Å²) in [6.07, 6.45) is 1.86. The fourth-order valence-electron chi connectivity index (χ4n) is 2.75. The summed E-state index contributed by atoms with van der Waals surface area (Å²) in [5, 5.41) is 9.88. The molecule has 1 aromatic rings. The fourth-order valence-corrected chi connectivity index (χ4v) is 2.75. The summed E-state index contributed by atoms with van der Waals surface area (Å²) in [6.45, 7) is 3.34. The van der Waals surface area contributed by atoms with Gasteiger partial charge in [-0.3, -0.25) is 9.69 Å².